The van der Waals surface area contributed by atoms with Gasteiger partial charge in [-0.25, -0.2) is 4.57 Å². The quantitative estimate of drug-likeness (QED) is 0.449. The minimum atomic E-state index is -5.02. The van der Waals surface area contributed by atoms with Gasteiger partial charge in [-0.1, -0.05) is 45.8 Å². The third-order valence-corrected chi connectivity index (χ3v) is 5.19. The fourth-order valence-electron chi connectivity index (χ4n) is 3.90. The predicted octanol–water partition coefficient (Wildman–Crippen LogP) is 4.88. The Bertz CT molecular complexity index is 1090. The van der Waals surface area contributed by atoms with E-state index in [1.54, 1.807) is 6.07 Å². The molecule has 0 unspecified atom stereocenters. The molecule has 3 rings (SSSR count). The Morgan fingerprint density at radius 1 is 1.12 bits per heavy atom. The van der Waals surface area contributed by atoms with Gasteiger partial charge in [0.25, 0.3) is 0 Å². The van der Waals surface area contributed by atoms with Gasteiger partial charge >= 0.3 is 14.0 Å². The molecule has 0 saturated heterocycles. The molecule has 2 aromatic rings. The number of aromatic nitrogens is 1. The summed E-state index contributed by atoms with van der Waals surface area (Å²) in [4.78, 5) is 18.6. The van der Waals surface area contributed by atoms with Crippen molar-refractivity contribution in [2.45, 2.75) is 40.8 Å². The number of alkyl halides is 3. The minimum Gasteiger partial charge on any atom is -0.492 e. The first-order valence-corrected chi connectivity index (χ1v) is 10.8. The van der Waals surface area contributed by atoms with Crippen molar-refractivity contribution < 1.29 is 41.3 Å². The van der Waals surface area contributed by atoms with E-state index in [2.05, 4.69) is 9.68 Å². The summed E-state index contributed by atoms with van der Waals surface area (Å²) in [5.41, 5.74) is 0.565. The number of hydrogen-bond donors (Lipinski definition) is 2. The van der Waals surface area contributed by atoms with E-state index in [9.17, 15) is 27.5 Å². The normalized spacial score (nSPS) is 16.1. The van der Waals surface area contributed by atoms with Crippen LogP contribution in [0.15, 0.2) is 34.4 Å². The van der Waals surface area contributed by atoms with Crippen LogP contribution in [0.5, 0.6) is 5.75 Å². The average molecular weight is 507 g/mol. The molecule has 33 heavy (non-hydrogen) atoms. The molecule has 0 fully saturated rings. The molecular formula is C20H23F3NNa2O6P. The van der Waals surface area contributed by atoms with Gasteiger partial charge in [-0.3, -0.25) is 9.79 Å². The average Bonchev–Trinajstić information content (AvgIpc) is 3.16. The standard InChI is InChI=1S/C20H23F3NO6P.2Na/c1-18(2,3)17-16(28-10-19(17,4)5)11-6-7-12(14(8-11)30-31(25,26)27)13-9-15(29-24-13)20(21,22)23;;/h6-9H,10H2,1-5H3,(H2,25,26,27);;. The summed E-state index contributed by atoms with van der Waals surface area (Å²) < 4.78 is 65.2. The van der Waals surface area contributed by atoms with Crippen molar-refractivity contribution in [3.8, 4) is 17.0 Å². The van der Waals surface area contributed by atoms with E-state index in [4.69, 9.17) is 9.26 Å². The van der Waals surface area contributed by atoms with Gasteiger partial charge in [0, 0.05) is 81.7 Å². The zero-order valence-corrected chi connectivity index (χ0v) is 24.5. The second-order valence-electron chi connectivity index (χ2n) is 8.99. The molecule has 172 valence electrons. The number of phosphoric ester groups is 1. The van der Waals surface area contributed by atoms with Gasteiger partial charge in [0.1, 0.15) is 17.2 Å². The fourth-order valence-corrected chi connectivity index (χ4v) is 4.31. The van der Waals surface area contributed by atoms with E-state index in [0.717, 1.165) is 5.57 Å². The van der Waals surface area contributed by atoms with Crippen LogP contribution in [0.2, 0.25) is 0 Å². The van der Waals surface area contributed by atoms with Crippen LogP contribution >= 0.6 is 7.82 Å². The van der Waals surface area contributed by atoms with E-state index in [1.165, 1.54) is 12.1 Å². The van der Waals surface area contributed by atoms with Crippen LogP contribution < -0.4 is 4.52 Å². The smallest absolute Gasteiger partial charge is 0.492 e. The molecular weight excluding hydrogens is 484 g/mol. The van der Waals surface area contributed by atoms with Gasteiger partial charge in [-0.15, -0.1) is 0 Å². The molecule has 0 bridgehead atoms. The molecule has 1 aliphatic heterocycles. The largest absolute Gasteiger partial charge is 0.524 e. The molecule has 0 spiro atoms. The summed E-state index contributed by atoms with van der Waals surface area (Å²) in [6.07, 6.45) is -4.76. The van der Waals surface area contributed by atoms with Gasteiger partial charge in [-0.05, 0) is 23.1 Å². The Labute approximate surface area is 233 Å². The summed E-state index contributed by atoms with van der Waals surface area (Å²) >= 11 is 0. The number of halogens is 3. The van der Waals surface area contributed by atoms with Crippen molar-refractivity contribution >= 4 is 72.7 Å². The van der Waals surface area contributed by atoms with E-state index in [0.29, 0.717) is 24.0 Å². The SMILES string of the molecule is CC(C)(C)C1=C(c2ccc(-c3cc(C(F)(F)F)on3)c(OP(=O)(O)O)c2)OCC1(C)C.[Na].[Na]. The Morgan fingerprint density at radius 2 is 1.73 bits per heavy atom. The monoisotopic (exact) mass is 507 g/mol. The van der Waals surface area contributed by atoms with Crippen molar-refractivity contribution in [1.29, 1.82) is 0 Å². The number of benzene rings is 1. The van der Waals surface area contributed by atoms with Gasteiger partial charge in [0.05, 0.1) is 6.61 Å². The molecule has 13 heteroatoms. The summed E-state index contributed by atoms with van der Waals surface area (Å²) in [5.74, 6) is -1.15. The molecule has 0 saturated carbocycles. The number of ether oxygens (including phenoxy) is 1. The first-order valence-electron chi connectivity index (χ1n) is 9.31. The van der Waals surface area contributed by atoms with Crippen molar-refractivity contribution in [1.82, 2.24) is 5.16 Å². The molecule has 2 heterocycles. The molecule has 1 aromatic carbocycles. The minimum absolute atomic E-state index is 0. The number of nitrogens with zero attached hydrogens (tertiary/aromatic N) is 1. The topological polar surface area (TPSA) is 102 Å². The zero-order valence-electron chi connectivity index (χ0n) is 19.6. The molecule has 1 aliphatic rings. The second-order valence-corrected chi connectivity index (χ2v) is 10.2. The van der Waals surface area contributed by atoms with Crippen LogP contribution in [0, 0.1) is 10.8 Å². The molecule has 0 aliphatic carbocycles. The predicted molar refractivity (Wildman–Crippen MR) is 117 cm³/mol. The molecule has 2 radical (unpaired) electrons. The summed E-state index contributed by atoms with van der Waals surface area (Å²) in [7, 11) is -5.02. The summed E-state index contributed by atoms with van der Waals surface area (Å²) in [5, 5.41) is 3.38. The van der Waals surface area contributed by atoms with Gasteiger partial charge < -0.3 is 13.8 Å². The summed E-state index contributed by atoms with van der Waals surface area (Å²) in [6.45, 7) is 10.5. The van der Waals surface area contributed by atoms with Crippen molar-refractivity contribution in [2.75, 3.05) is 6.61 Å². The Balaban J connectivity index is 0.00000272. The molecule has 0 amide bonds. The third kappa shape index (κ3) is 7.12. The number of hydrogen-bond acceptors (Lipinski definition) is 5. The maximum Gasteiger partial charge on any atom is 0.524 e. The first kappa shape index (κ1) is 30.7. The second kappa shape index (κ2) is 10.4. The van der Waals surface area contributed by atoms with Crippen LogP contribution in [0.4, 0.5) is 13.2 Å². The Kier molecular flexibility index (Phi) is 9.66. The molecule has 2 N–H and O–H groups in total. The molecule has 0 atom stereocenters. The first-order chi connectivity index (χ1) is 14.0. The zero-order chi connectivity index (χ0) is 23.4. The van der Waals surface area contributed by atoms with Crippen molar-refractivity contribution in [2.24, 2.45) is 10.8 Å². The maximum absolute atomic E-state index is 12.9. The van der Waals surface area contributed by atoms with Crippen LogP contribution in [0.1, 0.15) is 45.9 Å². The number of phosphoric acid groups is 1. The number of rotatable bonds is 4. The van der Waals surface area contributed by atoms with Crippen LogP contribution in [-0.2, 0) is 15.5 Å². The maximum atomic E-state index is 12.9. The van der Waals surface area contributed by atoms with Gasteiger partial charge in [0.15, 0.2) is 0 Å². The third-order valence-electron chi connectivity index (χ3n) is 4.76. The van der Waals surface area contributed by atoms with Gasteiger partial charge in [0.2, 0.25) is 5.76 Å². The van der Waals surface area contributed by atoms with Crippen molar-refractivity contribution in [3.05, 3.63) is 41.2 Å². The summed E-state index contributed by atoms with van der Waals surface area (Å²) in [6, 6.07) is 4.89. The van der Waals surface area contributed by atoms with Crippen LogP contribution in [0.25, 0.3) is 17.0 Å². The van der Waals surface area contributed by atoms with Crippen LogP contribution in [-0.4, -0.2) is 80.7 Å². The van der Waals surface area contributed by atoms with E-state index in [-0.39, 0.29) is 87.0 Å². The van der Waals surface area contributed by atoms with E-state index >= 15 is 0 Å². The van der Waals surface area contributed by atoms with E-state index < -0.39 is 19.8 Å². The van der Waals surface area contributed by atoms with Crippen molar-refractivity contribution in [3.63, 3.8) is 0 Å². The fraction of sp³-hybridized carbons (Fsp3) is 0.450. The molecule has 7 nitrogen and oxygen atoms in total. The Morgan fingerprint density at radius 3 is 2.21 bits per heavy atom. The van der Waals surface area contributed by atoms with Gasteiger partial charge in [-0.2, -0.15) is 13.2 Å². The Hall–Kier alpha value is -0.290. The van der Waals surface area contributed by atoms with Crippen LogP contribution in [0.3, 0.4) is 0 Å². The molecule has 1 aromatic heterocycles. The van der Waals surface area contributed by atoms with E-state index in [1.807, 2.05) is 34.6 Å².